The summed E-state index contributed by atoms with van der Waals surface area (Å²) in [5, 5.41) is 3.25. The monoisotopic (exact) mass is 305 g/mol. The van der Waals surface area contributed by atoms with E-state index in [-0.39, 0.29) is 11.7 Å². The quantitative estimate of drug-likeness (QED) is 0.891. The van der Waals surface area contributed by atoms with Crippen LogP contribution < -0.4 is 5.32 Å². The van der Waals surface area contributed by atoms with Crippen molar-refractivity contribution in [1.29, 1.82) is 0 Å². The van der Waals surface area contributed by atoms with E-state index in [0.29, 0.717) is 0 Å². The molecule has 2 aromatic carbocycles. The van der Waals surface area contributed by atoms with Gasteiger partial charge in [0.25, 0.3) is 0 Å². The Morgan fingerprint density at radius 3 is 2.57 bits per heavy atom. The molecule has 0 amide bonds. The van der Waals surface area contributed by atoms with Crippen molar-refractivity contribution in [3.05, 3.63) is 77.0 Å². The number of nitrogens with one attached hydrogen (secondary N) is 1. The average molecular weight is 305 g/mol. The molecule has 0 saturated carbocycles. The number of carbonyl (C=O) groups is 1. The Bertz CT molecular complexity index is 731. The van der Waals surface area contributed by atoms with Crippen molar-refractivity contribution in [2.24, 2.45) is 0 Å². The summed E-state index contributed by atoms with van der Waals surface area (Å²) in [4.78, 5) is 13.0. The zero-order chi connectivity index (χ0) is 16.2. The van der Waals surface area contributed by atoms with E-state index in [1.54, 1.807) is 0 Å². The van der Waals surface area contributed by atoms with Gasteiger partial charge < -0.3 is 5.32 Å². The molecule has 0 radical (unpaired) electrons. The molecule has 0 bridgehead atoms. The van der Waals surface area contributed by atoms with Crippen LogP contribution in [0.2, 0.25) is 0 Å². The van der Waals surface area contributed by atoms with Crippen molar-refractivity contribution in [3.8, 4) is 0 Å². The molecule has 23 heavy (non-hydrogen) atoms. The fraction of sp³-hybridized carbons (Fsp3) is 0.286. The largest absolute Gasteiger partial charge is 0.391 e. The van der Waals surface area contributed by atoms with Gasteiger partial charge in [0.1, 0.15) is 0 Å². The summed E-state index contributed by atoms with van der Waals surface area (Å²) >= 11 is 0. The average Bonchev–Trinajstić information content (AvgIpc) is 2.93. The van der Waals surface area contributed by atoms with E-state index in [4.69, 9.17) is 0 Å². The standard InChI is InChI=1S/C21H23NO/c1-3-8-15-9-7-12-17(13-15)20-19(22-2)14-18(21(20)23)16-10-5-4-6-11-16/h4-7,9-13,18,22H,3,8,14H2,1-2H3. The van der Waals surface area contributed by atoms with Gasteiger partial charge in [0.2, 0.25) is 0 Å². The zero-order valence-electron chi connectivity index (χ0n) is 13.8. The van der Waals surface area contributed by atoms with Gasteiger partial charge in [-0.25, -0.2) is 0 Å². The molecular formula is C21H23NO. The van der Waals surface area contributed by atoms with E-state index >= 15 is 0 Å². The molecule has 0 heterocycles. The predicted octanol–water partition coefficient (Wildman–Crippen LogP) is 4.33. The molecular weight excluding hydrogens is 282 g/mol. The number of hydrogen-bond acceptors (Lipinski definition) is 2. The first-order valence-corrected chi connectivity index (χ1v) is 8.34. The highest BCUT2D eigenvalue weighted by Crippen LogP contribution is 2.39. The van der Waals surface area contributed by atoms with E-state index < -0.39 is 0 Å². The summed E-state index contributed by atoms with van der Waals surface area (Å²) in [6.45, 7) is 2.18. The molecule has 1 atom stereocenters. The van der Waals surface area contributed by atoms with Gasteiger partial charge in [-0.2, -0.15) is 0 Å². The van der Waals surface area contributed by atoms with Crippen molar-refractivity contribution in [2.75, 3.05) is 7.05 Å². The lowest BCUT2D eigenvalue weighted by Gasteiger charge is -2.10. The Labute approximate surface area is 138 Å². The number of carbonyl (C=O) groups excluding carboxylic acids is 1. The number of ketones is 1. The van der Waals surface area contributed by atoms with E-state index in [2.05, 4.69) is 36.5 Å². The maximum absolute atomic E-state index is 13.0. The van der Waals surface area contributed by atoms with E-state index in [0.717, 1.165) is 41.7 Å². The summed E-state index contributed by atoms with van der Waals surface area (Å²) < 4.78 is 0. The SMILES string of the molecule is CCCc1cccc(C2=C(NC)CC(c3ccccc3)C2=O)c1. The van der Waals surface area contributed by atoms with Gasteiger partial charge in [-0.1, -0.05) is 67.9 Å². The molecule has 0 aliphatic heterocycles. The van der Waals surface area contributed by atoms with Crippen LogP contribution in [0.1, 0.15) is 42.4 Å². The fourth-order valence-corrected chi connectivity index (χ4v) is 3.39. The lowest BCUT2D eigenvalue weighted by atomic mass is 9.92. The minimum Gasteiger partial charge on any atom is -0.391 e. The summed E-state index contributed by atoms with van der Waals surface area (Å²) in [6, 6.07) is 18.5. The Balaban J connectivity index is 1.97. The van der Waals surface area contributed by atoms with Gasteiger partial charge in [0, 0.05) is 24.7 Å². The lowest BCUT2D eigenvalue weighted by molar-refractivity contribution is -0.114. The van der Waals surface area contributed by atoms with E-state index in [1.807, 2.05) is 37.4 Å². The van der Waals surface area contributed by atoms with Gasteiger partial charge >= 0.3 is 0 Å². The second kappa shape index (κ2) is 6.82. The number of allylic oxidation sites excluding steroid dienone is 2. The van der Waals surface area contributed by atoms with Crippen LogP contribution >= 0.6 is 0 Å². The summed E-state index contributed by atoms with van der Waals surface area (Å²) in [7, 11) is 1.91. The highest BCUT2D eigenvalue weighted by atomic mass is 16.1. The Morgan fingerprint density at radius 2 is 1.87 bits per heavy atom. The molecule has 0 saturated heterocycles. The number of aryl methyl sites for hydroxylation is 1. The van der Waals surface area contributed by atoms with Crippen LogP contribution in [0.5, 0.6) is 0 Å². The summed E-state index contributed by atoms with van der Waals surface area (Å²) in [5.41, 5.74) is 5.36. The molecule has 2 heteroatoms. The van der Waals surface area contributed by atoms with E-state index in [9.17, 15) is 4.79 Å². The minimum absolute atomic E-state index is 0.0662. The van der Waals surface area contributed by atoms with Crippen LogP contribution in [-0.2, 0) is 11.2 Å². The third kappa shape index (κ3) is 3.07. The first-order valence-electron chi connectivity index (χ1n) is 8.34. The number of rotatable bonds is 5. The molecule has 1 aliphatic carbocycles. The molecule has 2 aromatic rings. The second-order valence-corrected chi connectivity index (χ2v) is 6.09. The van der Waals surface area contributed by atoms with Crippen molar-refractivity contribution >= 4 is 11.4 Å². The fourth-order valence-electron chi connectivity index (χ4n) is 3.39. The summed E-state index contributed by atoms with van der Waals surface area (Å²) in [6.07, 6.45) is 2.92. The van der Waals surface area contributed by atoms with Gasteiger partial charge in [0.15, 0.2) is 5.78 Å². The van der Waals surface area contributed by atoms with Crippen LogP contribution in [-0.4, -0.2) is 12.8 Å². The first kappa shape index (κ1) is 15.5. The molecule has 1 aliphatic rings. The van der Waals surface area contributed by atoms with Crippen LogP contribution in [0.4, 0.5) is 0 Å². The molecule has 118 valence electrons. The van der Waals surface area contributed by atoms with Crippen LogP contribution in [0.3, 0.4) is 0 Å². The van der Waals surface area contributed by atoms with Crippen molar-refractivity contribution in [2.45, 2.75) is 32.1 Å². The van der Waals surface area contributed by atoms with E-state index in [1.165, 1.54) is 5.56 Å². The lowest BCUT2D eigenvalue weighted by Crippen LogP contribution is -2.08. The molecule has 3 rings (SSSR count). The maximum Gasteiger partial charge on any atom is 0.173 e. The summed E-state index contributed by atoms with van der Waals surface area (Å²) in [5.74, 6) is 0.165. The first-order chi connectivity index (χ1) is 11.2. The van der Waals surface area contributed by atoms with Crippen LogP contribution in [0, 0.1) is 0 Å². The number of Topliss-reactive ketones (excluding diaryl/α,β-unsaturated/α-hetero) is 1. The van der Waals surface area contributed by atoms with Crippen LogP contribution in [0.25, 0.3) is 5.57 Å². The minimum atomic E-state index is -0.0662. The Morgan fingerprint density at radius 1 is 1.09 bits per heavy atom. The van der Waals surface area contributed by atoms with Gasteiger partial charge in [-0.05, 0) is 23.1 Å². The van der Waals surface area contributed by atoms with Crippen LogP contribution in [0.15, 0.2) is 60.3 Å². The molecule has 1 unspecified atom stereocenters. The third-order valence-corrected chi connectivity index (χ3v) is 4.53. The third-order valence-electron chi connectivity index (χ3n) is 4.53. The molecule has 0 fully saturated rings. The second-order valence-electron chi connectivity index (χ2n) is 6.09. The van der Waals surface area contributed by atoms with Crippen molar-refractivity contribution in [1.82, 2.24) is 5.32 Å². The Hall–Kier alpha value is -2.35. The van der Waals surface area contributed by atoms with Crippen molar-refractivity contribution in [3.63, 3.8) is 0 Å². The smallest absolute Gasteiger partial charge is 0.173 e. The van der Waals surface area contributed by atoms with Crippen molar-refractivity contribution < 1.29 is 4.79 Å². The van der Waals surface area contributed by atoms with Gasteiger partial charge in [-0.3, -0.25) is 4.79 Å². The molecule has 1 N–H and O–H groups in total. The molecule has 0 aromatic heterocycles. The predicted molar refractivity (Wildman–Crippen MR) is 95.2 cm³/mol. The number of hydrogen-bond donors (Lipinski definition) is 1. The van der Waals surface area contributed by atoms with Gasteiger partial charge in [-0.15, -0.1) is 0 Å². The highest BCUT2D eigenvalue weighted by Gasteiger charge is 2.34. The normalized spacial score (nSPS) is 17.7. The molecule has 0 spiro atoms. The Kier molecular flexibility index (Phi) is 4.61. The number of benzene rings is 2. The van der Waals surface area contributed by atoms with Gasteiger partial charge in [0.05, 0.1) is 5.92 Å². The highest BCUT2D eigenvalue weighted by molar-refractivity contribution is 6.26. The topological polar surface area (TPSA) is 29.1 Å². The molecule has 2 nitrogen and oxygen atoms in total. The zero-order valence-corrected chi connectivity index (χ0v) is 13.8. The maximum atomic E-state index is 13.0.